The summed E-state index contributed by atoms with van der Waals surface area (Å²) in [5, 5.41) is 0. The van der Waals surface area contributed by atoms with Crippen LogP contribution in [0.3, 0.4) is 0 Å². The maximum Gasteiger partial charge on any atom is 0.416 e. The molecule has 9 heteroatoms. The Morgan fingerprint density at radius 2 is 1.68 bits per heavy atom. The number of halogens is 3. The molecule has 0 radical (unpaired) electrons. The fourth-order valence-corrected chi connectivity index (χ4v) is 3.03. The maximum absolute atomic E-state index is 13.0. The van der Waals surface area contributed by atoms with Crippen molar-refractivity contribution in [1.29, 1.82) is 0 Å². The zero-order valence-corrected chi connectivity index (χ0v) is 18.7. The first-order chi connectivity index (χ1) is 14.1. The number of ether oxygens (including phenoxy) is 3. The molecular formula is C22H30F3NO5. The first-order valence-electron chi connectivity index (χ1n) is 10.0. The lowest BCUT2D eigenvalue weighted by molar-refractivity contribution is -0.153. The van der Waals surface area contributed by atoms with Gasteiger partial charge in [0.1, 0.15) is 18.9 Å². The number of hydrogen-bond acceptors (Lipinski definition) is 5. The van der Waals surface area contributed by atoms with Gasteiger partial charge in [-0.05, 0) is 59.2 Å². The number of amides is 1. The monoisotopic (exact) mass is 445 g/mol. The van der Waals surface area contributed by atoms with Gasteiger partial charge in [-0.3, -0.25) is 9.69 Å². The third-order valence-electron chi connectivity index (χ3n) is 4.68. The zero-order chi connectivity index (χ0) is 23.6. The van der Waals surface area contributed by atoms with Gasteiger partial charge in [-0.25, -0.2) is 4.79 Å². The average molecular weight is 445 g/mol. The molecule has 1 aliphatic rings. The molecule has 0 saturated carbocycles. The molecule has 174 valence electrons. The fraction of sp³-hybridized carbons (Fsp3) is 0.636. The van der Waals surface area contributed by atoms with Crippen molar-refractivity contribution in [3.05, 3.63) is 35.4 Å². The summed E-state index contributed by atoms with van der Waals surface area (Å²) in [6, 6.07) is 4.05. The Morgan fingerprint density at radius 3 is 2.16 bits per heavy atom. The van der Waals surface area contributed by atoms with Crippen LogP contribution >= 0.6 is 0 Å². The number of carbonyl (C=O) groups is 2. The van der Waals surface area contributed by atoms with Crippen molar-refractivity contribution in [3.63, 3.8) is 0 Å². The second kappa shape index (κ2) is 9.06. The standard InChI is InChI=1S/C22H30F3NO5/c1-20(2,3)18(27)30-11-16(14-7-9-15(10-8-14)22(23,24)25)17-12-29-13-26(17)19(28)31-21(4,5)6/h7-10,16-17H,11-13H2,1-6H3/t16-,17+/m0/s1. The SMILES string of the molecule is CC(C)(C)OC(=O)N1COC[C@@H]1[C@@H](COC(=O)C(C)(C)C)c1ccc(C(F)(F)F)cc1. The molecule has 1 fully saturated rings. The molecule has 1 aliphatic heterocycles. The summed E-state index contributed by atoms with van der Waals surface area (Å²) in [7, 11) is 0. The van der Waals surface area contributed by atoms with Crippen molar-refractivity contribution in [2.45, 2.75) is 65.3 Å². The van der Waals surface area contributed by atoms with Crippen LogP contribution in [0.25, 0.3) is 0 Å². The van der Waals surface area contributed by atoms with Gasteiger partial charge in [0.05, 0.1) is 23.6 Å². The van der Waals surface area contributed by atoms with Crippen LogP contribution in [-0.2, 0) is 25.2 Å². The molecule has 1 saturated heterocycles. The highest BCUT2D eigenvalue weighted by Crippen LogP contribution is 2.33. The molecule has 1 aromatic rings. The Kier molecular flexibility index (Phi) is 7.30. The van der Waals surface area contributed by atoms with E-state index in [1.807, 2.05) is 0 Å². The van der Waals surface area contributed by atoms with Gasteiger partial charge in [-0.2, -0.15) is 13.2 Å². The van der Waals surface area contributed by atoms with E-state index in [1.165, 1.54) is 17.0 Å². The molecule has 1 aromatic carbocycles. The minimum atomic E-state index is -4.47. The largest absolute Gasteiger partial charge is 0.465 e. The molecule has 31 heavy (non-hydrogen) atoms. The highest BCUT2D eigenvalue weighted by Gasteiger charge is 2.40. The van der Waals surface area contributed by atoms with E-state index < -0.39 is 46.8 Å². The predicted octanol–water partition coefficient (Wildman–Crippen LogP) is 4.97. The summed E-state index contributed by atoms with van der Waals surface area (Å²) in [6.07, 6.45) is -5.07. The second-order valence-corrected chi connectivity index (χ2v) is 9.59. The molecule has 0 N–H and O–H groups in total. The molecule has 0 aromatic heterocycles. The Morgan fingerprint density at radius 1 is 1.10 bits per heavy atom. The molecule has 0 aliphatic carbocycles. The normalized spacial score (nSPS) is 18.6. The van der Waals surface area contributed by atoms with Gasteiger partial charge in [-0.1, -0.05) is 12.1 Å². The quantitative estimate of drug-likeness (QED) is 0.612. The molecule has 6 nitrogen and oxygen atoms in total. The van der Waals surface area contributed by atoms with Crippen LogP contribution in [0.2, 0.25) is 0 Å². The van der Waals surface area contributed by atoms with E-state index in [4.69, 9.17) is 14.2 Å². The number of benzene rings is 1. The Balaban J connectivity index is 2.32. The van der Waals surface area contributed by atoms with Gasteiger partial charge in [0.15, 0.2) is 0 Å². The number of carbonyl (C=O) groups excluding carboxylic acids is 2. The van der Waals surface area contributed by atoms with Crippen molar-refractivity contribution < 1.29 is 37.0 Å². The molecule has 1 amide bonds. The molecule has 0 bridgehead atoms. The third-order valence-corrected chi connectivity index (χ3v) is 4.68. The topological polar surface area (TPSA) is 65.1 Å². The van der Waals surface area contributed by atoms with E-state index in [1.54, 1.807) is 41.5 Å². The smallest absolute Gasteiger partial charge is 0.416 e. The predicted molar refractivity (Wildman–Crippen MR) is 107 cm³/mol. The van der Waals surface area contributed by atoms with Crippen molar-refractivity contribution in [2.75, 3.05) is 19.9 Å². The molecule has 2 rings (SSSR count). The summed E-state index contributed by atoms with van der Waals surface area (Å²) in [4.78, 5) is 26.3. The first kappa shape index (κ1) is 25.0. The van der Waals surface area contributed by atoms with Crippen molar-refractivity contribution in [2.24, 2.45) is 5.41 Å². The van der Waals surface area contributed by atoms with Crippen LogP contribution in [0.4, 0.5) is 18.0 Å². The Bertz CT molecular complexity index is 778. The summed E-state index contributed by atoms with van der Waals surface area (Å²) < 4.78 is 55.3. The minimum Gasteiger partial charge on any atom is -0.465 e. The van der Waals surface area contributed by atoms with E-state index in [0.717, 1.165) is 12.1 Å². The number of alkyl halides is 3. The molecule has 1 heterocycles. The number of hydrogen-bond donors (Lipinski definition) is 0. The van der Waals surface area contributed by atoms with Crippen molar-refractivity contribution >= 4 is 12.1 Å². The lowest BCUT2D eigenvalue weighted by Crippen LogP contribution is -2.44. The van der Waals surface area contributed by atoms with E-state index in [0.29, 0.717) is 5.56 Å². The lowest BCUT2D eigenvalue weighted by atomic mass is 9.91. The summed E-state index contributed by atoms with van der Waals surface area (Å²) in [5.41, 5.74) is -1.76. The van der Waals surface area contributed by atoms with E-state index in [2.05, 4.69) is 0 Å². The summed E-state index contributed by atoms with van der Waals surface area (Å²) in [6.45, 7) is 10.3. The van der Waals surface area contributed by atoms with Crippen LogP contribution in [0, 0.1) is 5.41 Å². The minimum absolute atomic E-state index is 0.0239. The first-order valence-corrected chi connectivity index (χ1v) is 10.0. The number of nitrogens with zero attached hydrogens (tertiary/aromatic N) is 1. The van der Waals surface area contributed by atoms with Crippen LogP contribution in [0.1, 0.15) is 58.6 Å². The molecule has 0 unspecified atom stereocenters. The third kappa shape index (κ3) is 6.85. The highest BCUT2D eigenvalue weighted by atomic mass is 19.4. The Labute approximate surface area is 180 Å². The van der Waals surface area contributed by atoms with E-state index >= 15 is 0 Å². The van der Waals surface area contributed by atoms with Gasteiger partial charge < -0.3 is 14.2 Å². The van der Waals surface area contributed by atoms with Crippen LogP contribution in [0.5, 0.6) is 0 Å². The molecular weight excluding hydrogens is 415 g/mol. The van der Waals surface area contributed by atoms with E-state index in [9.17, 15) is 22.8 Å². The van der Waals surface area contributed by atoms with Gasteiger partial charge in [0, 0.05) is 5.92 Å². The average Bonchev–Trinajstić information content (AvgIpc) is 3.09. The number of rotatable bonds is 4. The van der Waals surface area contributed by atoms with Crippen LogP contribution in [0.15, 0.2) is 24.3 Å². The van der Waals surface area contributed by atoms with Gasteiger partial charge in [0.2, 0.25) is 0 Å². The second-order valence-electron chi connectivity index (χ2n) is 9.59. The van der Waals surface area contributed by atoms with Crippen molar-refractivity contribution in [1.82, 2.24) is 4.90 Å². The number of esters is 1. The van der Waals surface area contributed by atoms with Gasteiger partial charge >= 0.3 is 18.2 Å². The Hall–Kier alpha value is -2.29. The highest BCUT2D eigenvalue weighted by molar-refractivity contribution is 5.75. The fourth-order valence-electron chi connectivity index (χ4n) is 3.03. The van der Waals surface area contributed by atoms with Crippen LogP contribution in [-0.4, -0.2) is 48.5 Å². The molecule has 2 atom stereocenters. The molecule has 0 spiro atoms. The zero-order valence-electron chi connectivity index (χ0n) is 18.7. The van der Waals surface area contributed by atoms with Crippen LogP contribution < -0.4 is 0 Å². The summed E-state index contributed by atoms with van der Waals surface area (Å²) >= 11 is 0. The van der Waals surface area contributed by atoms with Gasteiger partial charge in [-0.15, -0.1) is 0 Å². The van der Waals surface area contributed by atoms with E-state index in [-0.39, 0.29) is 19.9 Å². The maximum atomic E-state index is 13.0. The van der Waals surface area contributed by atoms with Crippen molar-refractivity contribution in [3.8, 4) is 0 Å². The lowest BCUT2D eigenvalue weighted by Gasteiger charge is -2.32. The van der Waals surface area contributed by atoms with Gasteiger partial charge in [0.25, 0.3) is 0 Å². The summed E-state index contributed by atoms with van der Waals surface area (Å²) in [5.74, 6) is -1.05.